The zero-order valence-electron chi connectivity index (χ0n) is 24.2. The van der Waals surface area contributed by atoms with E-state index in [1.807, 2.05) is 13.8 Å². The van der Waals surface area contributed by atoms with Gasteiger partial charge in [0.25, 0.3) is 0 Å². The Hall–Kier alpha value is -3.30. The van der Waals surface area contributed by atoms with Crippen molar-refractivity contribution in [1.82, 2.24) is 15.5 Å². The summed E-state index contributed by atoms with van der Waals surface area (Å²) in [5.41, 5.74) is 0.267. The lowest BCUT2D eigenvalue weighted by Crippen LogP contribution is -2.55. The summed E-state index contributed by atoms with van der Waals surface area (Å²) in [6.07, 6.45) is -0.420. The first-order valence-corrected chi connectivity index (χ1v) is 13.1. The van der Waals surface area contributed by atoms with E-state index in [2.05, 4.69) is 10.6 Å². The third kappa shape index (κ3) is 10.6. The van der Waals surface area contributed by atoms with Gasteiger partial charge in [-0.05, 0) is 84.1 Å². The average Bonchev–Trinajstić information content (AvgIpc) is 2.76. The number of benzene rings is 1. The predicted molar refractivity (Wildman–Crippen MR) is 144 cm³/mol. The Kier molecular flexibility index (Phi) is 12.6. The molecule has 0 aromatic heterocycles. The summed E-state index contributed by atoms with van der Waals surface area (Å²) in [4.78, 5) is 53.4. The quantitative estimate of drug-likeness (QED) is 0.345. The molecule has 3 N–H and O–H groups in total. The highest BCUT2D eigenvalue weighted by Crippen LogP contribution is 2.29. The van der Waals surface area contributed by atoms with Gasteiger partial charge in [0.2, 0.25) is 11.8 Å². The molecule has 0 radical (unpaired) electrons. The van der Waals surface area contributed by atoms with Crippen molar-refractivity contribution in [3.63, 3.8) is 0 Å². The fourth-order valence-electron chi connectivity index (χ4n) is 3.91. The molecule has 0 aliphatic carbocycles. The molecule has 1 aromatic carbocycles. The van der Waals surface area contributed by atoms with Crippen LogP contribution in [0.3, 0.4) is 0 Å². The van der Waals surface area contributed by atoms with E-state index in [0.717, 1.165) is 0 Å². The lowest BCUT2D eigenvalue weighted by molar-refractivity contribution is -0.145. The number of ether oxygens (including phenoxy) is 2. The van der Waals surface area contributed by atoms with Gasteiger partial charge in [-0.25, -0.2) is 4.79 Å². The predicted octanol–water partition coefficient (Wildman–Crippen LogP) is 3.99. The van der Waals surface area contributed by atoms with Crippen LogP contribution in [0.25, 0.3) is 0 Å². The molecule has 0 aliphatic rings. The molecule has 0 bridgehead atoms. The molecule has 1 rings (SSSR count). The molecular formula is C28H45N3O7. The summed E-state index contributed by atoms with van der Waals surface area (Å²) in [6, 6.07) is 2.23. The number of nitrogens with zero attached hydrogens (tertiary/aromatic N) is 1. The summed E-state index contributed by atoms with van der Waals surface area (Å²) >= 11 is 0. The van der Waals surface area contributed by atoms with E-state index in [1.54, 1.807) is 60.6 Å². The molecule has 214 valence electrons. The van der Waals surface area contributed by atoms with E-state index in [0.29, 0.717) is 17.5 Å². The first-order chi connectivity index (χ1) is 17.6. The summed E-state index contributed by atoms with van der Waals surface area (Å²) in [5, 5.41) is 15.5. The molecule has 10 nitrogen and oxygen atoms in total. The number of aromatic hydroxyl groups is 1. The van der Waals surface area contributed by atoms with Gasteiger partial charge in [-0.3, -0.25) is 14.4 Å². The van der Waals surface area contributed by atoms with Crippen molar-refractivity contribution in [2.24, 2.45) is 5.92 Å². The van der Waals surface area contributed by atoms with Crippen molar-refractivity contribution >= 4 is 23.9 Å². The highest BCUT2D eigenvalue weighted by atomic mass is 16.6. The van der Waals surface area contributed by atoms with Crippen LogP contribution in [-0.2, 0) is 23.9 Å². The SMILES string of the molecule is CCOC(=O)CCNC(=O)C(c1ccc(O)c(C)c1)N(C(=O)C(CC(C)C)NC(=O)OC(C)(C)C)C(C)C. The molecule has 2 atom stereocenters. The van der Waals surface area contributed by atoms with Crippen LogP contribution < -0.4 is 10.6 Å². The fraction of sp³-hybridized carbons (Fsp3) is 0.643. The third-order valence-electron chi connectivity index (χ3n) is 5.50. The van der Waals surface area contributed by atoms with Gasteiger partial charge in [0.05, 0.1) is 13.0 Å². The first-order valence-electron chi connectivity index (χ1n) is 13.1. The smallest absolute Gasteiger partial charge is 0.408 e. The molecule has 0 aliphatic heterocycles. The van der Waals surface area contributed by atoms with Crippen molar-refractivity contribution in [3.8, 4) is 5.75 Å². The van der Waals surface area contributed by atoms with Crippen molar-refractivity contribution in [2.45, 2.75) is 98.9 Å². The second-order valence-electron chi connectivity index (χ2n) is 11.0. The van der Waals surface area contributed by atoms with Crippen LogP contribution in [0.4, 0.5) is 4.79 Å². The lowest BCUT2D eigenvalue weighted by Gasteiger charge is -2.37. The van der Waals surface area contributed by atoms with Crippen molar-refractivity contribution in [3.05, 3.63) is 29.3 Å². The second kappa shape index (κ2) is 14.6. The van der Waals surface area contributed by atoms with E-state index in [9.17, 15) is 24.3 Å². The minimum absolute atomic E-state index is 0.0211. The van der Waals surface area contributed by atoms with Crippen LogP contribution in [-0.4, -0.2) is 64.7 Å². The maximum Gasteiger partial charge on any atom is 0.408 e. The summed E-state index contributed by atoms with van der Waals surface area (Å²) < 4.78 is 10.3. The minimum atomic E-state index is -1.08. The number of phenols is 1. The molecule has 0 fully saturated rings. The minimum Gasteiger partial charge on any atom is -0.508 e. The third-order valence-corrected chi connectivity index (χ3v) is 5.50. The van der Waals surface area contributed by atoms with Gasteiger partial charge in [-0.2, -0.15) is 0 Å². The topological polar surface area (TPSA) is 134 Å². The number of esters is 1. The largest absolute Gasteiger partial charge is 0.508 e. The molecule has 10 heteroatoms. The molecule has 2 unspecified atom stereocenters. The molecule has 0 saturated carbocycles. The van der Waals surface area contributed by atoms with Crippen LogP contribution >= 0.6 is 0 Å². The van der Waals surface area contributed by atoms with E-state index >= 15 is 0 Å². The fourth-order valence-corrected chi connectivity index (χ4v) is 3.91. The van der Waals surface area contributed by atoms with Gasteiger partial charge in [0.1, 0.15) is 23.4 Å². The zero-order valence-corrected chi connectivity index (χ0v) is 24.2. The normalized spacial score (nSPS) is 13.0. The number of rotatable bonds is 12. The number of amides is 3. The molecule has 0 saturated heterocycles. The van der Waals surface area contributed by atoms with Crippen molar-refractivity contribution < 1.29 is 33.8 Å². The van der Waals surface area contributed by atoms with Gasteiger partial charge in [-0.1, -0.05) is 19.9 Å². The van der Waals surface area contributed by atoms with Gasteiger partial charge in [-0.15, -0.1) is 0 Å². The Bertz CT molecular complexity index is 970. The maximum atomic E-state index is 14.0. The lowest BCUT2D eigenvalue weighted by atomic mass is 9.97. The number of hydrogen-bond acceptors (Lipinski definition) is 7. The zero-order chi connectivity index (χ0) is 29.2. The van der Waals surface area contributed by atoms with E-state index in [-0.39, 0.29) is 31.2 Å². The van der Waals surface area contributed by atoms with Gasteiger partial charge in [0.15, 0.2) is 0 Å². The Morgan fingerprint density at radius 3 is 2.21 bits per heavy atom. The van der Waals surface area contributed by atoms with Crippen LogP contribution in [0.1, 0.15) is 85.4 Å². The Labute approximate surface area is 226 Å². The number of phenolic OH excluding ortho intramolecular Hbond substituents is 1. The molecule has 38 heavy (non-hydrogen) atoms. The Balaban J connectivity index is 3.43. The Morgan fingerprint density at radius 1 is 1.08 bits per heavy atom. The number of carbonyl (C=O) groups is 4. The molecule has 0 spiro atoms. The van der Waals surface area contributed by atoms with Gasteiger partial charge >= 0.3 is 12.1 Å². The number of alkyl carbamates (subject to hydrolysis) is 1. The monoisotopic (exact) mass is 535 g/mol. The van der Waals surface area contributed by atoms with Crippen molar-refractivity contribution in [2.75, 3.05) is 13.2 Å². The number of carbonyl (C=O) groups excluding carboxylic acids is 4. The Morgan fingerprint density at radius 2 is 1.71 bits per heavy atom. The highest BCUT2D eigenvalue weighted by Gasteiger charge is 2.38. The van der Waals surface area contributed by atoms with Crippen LogP contribution in [0.15, 0.2) is 18.2 Å². The second-order valence-corrected chi connectivity index (χ2v) is 11.0. The van der Waals surface area contributed by atoms with Gasteiger partial charge in [0, 0.05) is 12.6 Å². The van der Waals surface area contributed by atoms with Crippen molar-refractivity contribution in [1.29, 1.82) is 0 Å². The maximum absolute atomic E-state index is 14.0. The average molecular weight is 536 g/mol. The first kappa shape index (κ1) is 32.7. The van der Waals surface area contributed by atoms with E-state index in [1.165, 1.54) is 11.0 Å². The standard InChI is InChI=1S/C28H45N3O7/c1-10-37-23(33)13-14-29-25(34)24(20-11-12-22(32)19(6)16-20)31(18(4)5)26(35)21(15-17(2)3)30-27(36)38-28(7,8)9/h11-12,16-18,21,24,32H,10,13-15H2,1-9H3,(H,29,34)(H,30,36). The van der Waals surface area contributed by atoms with Crippen LogP contribution in [0.5, 0.6) is 5.75 Å². The van der Waals surface area contributed by atoms with Gasteiger partial charge < -0.3 is 30.1 Å². The molecule has 3 amide bonds. The van der Waals surface area contributed by atoms with Crippen LogP contribution in [0, 0.1) is 12.8 Å². The summed E-state index contributed by atoms with van der Waals surface area (Å²) in [5.74, 6) is -1.28. The summed E-state index contributed by atoms with van der Waals surface area (Å²) in [7, 11) is 0. The number of hydrogen-bond donors (Lipinski definition) is 3. The highest BCUT2D eigenvalue weighted by molar-refractivity contribution is 5.92. The van der Waals surface area contributed by atoms with E-state index < -0.39 is 47.6 Å². The molecule has 1 aromatic rings. The molecule has 0 heterocycles. The molecular weight excluding hydrogens is 490 g/mol. The number of aryl methyl sites for hydroxylation is 1. The van der Waals surface area contributed by atoms with E-state index in [4.69, 9.17) is 9.47 Å². The summed E-state index contributed by atoms with van der Waals surface area (Å²) in [6.45, 7) is 16.3. The van der Waals surface area contributed by atoms with Crippen LogP contribution in [0.2, 0.25) is 0 Å². The number of nitrogens with one attached hydrogen (secondary N) is 2.